The second kappa shape index (κ2) is 9.69. The summed E-state index contributed by atoms with van der Waals surface area (Å²) in [6.45, 7) is -0.583. The lowest BCUT2D eigenvalue weighted by Gasteiger charge is -2.07. The summed E-state index contributed by atoms with van der Waals surface area (Å²) in [5.74, 6) is -1.53. The smallest absolute Gasteiger partial charge is 0.345 e. The highest BCUT2D eigenvalue weighted by molar-refractivity contribution is 5.97. The van der Waals surface area contributed by atoms with E-state index < -0.39 is 23.4 Å². The van der Waals surface area contributed by atoms with E-state index in [2.05, 4.69) is 15.5 Å². The molecule has 30 heavy (non-hydrogen) atoms. The summed E-state index contributed by atoms with van der Waals surface area (Å²) >= 11 is 0. The molecule has 3 rings (SSSR count). The zero-order chi connectivity index (χ0) is 21.3. The molecule has 3 aromatic carbocycles. The number of esters is 1. The molecule has 0 aliphatic heterocycles. The number of nitrogens with zero attached hydrogens (tertiary/aromatic N) is 3. The molecule has 1 N–H and O–H groups in total. The van der Waals surface area contributed by atoms with Crippen molar-refractivity contribution in [1.82, 2.24) is 0 Å². The number of hydrogen-bond donors (Lipinski definition) is 1. The van der Waals surface area contributed by atoms with Gasteiger partial charge >= 0.3 is 5.97 Å². The van der Waals surface area contributed by atoms with Gasteiger partial charge in [-0.15, -0.1) is 0 Å². The fourth-order valence-corrected chi connectivity index (χ4v) is 2.43. The number of nitrogens with one attached hydrogen (secondary N) is 1. The van der Waals surface area contributed by atoms with Crippen LogP contribution in [0.5, 0.6) is 0 Å². The van der Waals surface area contributed by atoms with Gasteiger partial charge in [0.25, 0.3) is 11.6 Å². The SMILES string of the molecule is O=C(COC(=O)c1ccccc1[N+](=O)[O-])Nc1ccc(N=Nc2ccccc2)cc1. The number of carbonyl (C=O) groups is 2. The highest BCUT2D eigenvalue weighted by Gasteiger charge is 2.21. The lowest BCUT2D eigenvalue weighted by atomic mass is 10.2. The van der Waals surface area contributed by atoms with Crippen molar-refractivity contribution in [2.24, 2.45) is 10.2 Å². The van der Waals surface area contributed by atoms with Crippen LogP contribution in [0.1, 0.15) is 10.4 Å². The number of anilines is 1. The molecule has 0 heterocycles. The Kier molecular flexibility index (Phi) is 6.57. The number of nitro groups is 1. The van der Waals surface area contributed by atoms with Crippen molar-refractivity contribution in [3.05, 3.63) is 94.5 Å². The minimum atomic E-state index is -0.950. The summed E-state index contributed by atoms with van der Waals surface area (Å²) in [6, 6.07) is 21.2. The molecule has 0 bridgehead atoms. The van der Waals surface area contributed by atoms with E-state index >= 15 is 0 Å². The first kappa shape index (κ1) is 20.3. The first-order valence-corrected chi connectivity index (χ1v) is 8.80. The number of benzene rings is 3. The quantitative estimate of drug-likeness (QED) is 0.262. The molecular formula is C21H16N4O5. The standard InChI is InChI=1S/C21H16N4O5/c26-20(14-30-21(27)18-8-4-5-9-19(18)25(28)29)22-15-10-12-17(13-11-15)24-23-16-6-2-1-3-7-16/h1-13H,14H2,(H,22,26). The van der Waals surface area contributed by atoms with Crippen molar-refractivity contribution >= 4 is 34.6 Å². The maximum atomic E-state index is 12.0. The molecule has 0 aliphatic rings. The van der Waals surface area contributed by atoms with E-state index in [4.69, 9.17) is 4.74 Å². The summed E-state index contributed by atoms with van der Waals surface area (Å²) in [5.41, 5.74) is 1.18. The third-order valence-electron chi connectivity index (χ3n) is 3.84. The van der Waals surface area contributed by atoms with Crippen LogP contribution >= 0.6 is 0 Å². The van der Waals surface area contributed by atoms with Gasteiger partial charge in [0, 0.05) is 11.8 Å². The fourth-order valence-electron chi connectivity index (χ4n) is 2.43. The van der Waals surface area contributed by atoms with Crippen LogP contribution < -0.4 is 5.32 Å². The molecule has 1 amide bonds. The minimum Gasteiger partial charge on any atom is -0.452 e. The Balaban J connectivity index is 1.53. The number of para-hydroxylation sites is 1. The van der Waals surface area contributed by atoms with E-state index in [1.165, 1.54) is 24.3 Å². The average Bonchev–Trinajstić information content (AvgIpc) is 2.77. The summed E-state index contributed by atoms with van der Waals surface area (Å²) in [5, 5.41) is 21.7. The second-order valence-corrected chi connectivity index (χ2v) is 5.98. The Morgan fingerprint density at radius 3 is 2.13 bits per heavy atom. The van der Waals surface area contributed by atoms with E-state index in [1.54, 1.807) is 24.3 Å². The van der Waals surface area contributed by atoms with E-state index in [0.717, 1.165) is 5.69 Å². The summed E-state index contributed by atoms with van der Waals surface area (Å²) < 4.78 is 4.88. The van der Waals surface area contributed by atoms with Crippen molar-refractivity contribution in [2.45, 2.75) is 0 Å². The lowest BCUT2D eigenvalue weighted by molar-refractivity contribution is -0.385. The Morgan fingerprint density at radius 1 is 0.867 bits per heavy atom. The number of amides is 1. The molecule has 0 radical (unpaired) electrons. The maximum absolute atomic E-state index is 12.0. The Bertz CT molecular complexity index is 1080. The molecule has 0 aromatic heterocycles. The zero-order valence-electron chi connectivity index (χ0n) is 15.6. The third-order valence-corrected chi connectivity index (χ3v) is 3.84. The minimum absolute atomic E-state index is 0.219. The molecule has 0 fully saturated rings. The van der Waals surface area contributed by atoms with Gasteiger partial charge in [0.2, 0.25) is 0 Å². The van der Waals surface area contributed by atoms with Gasteiger partial charge in [0.05, 0.1) is 16.3 Å². The molecule has 0 saturated heterocycles. The normalized spacial score (nSPS) is 10.5. The van der Waals surface area contributed by atoms with E-state index in [0.29, 0.717) is 11.4 Å². The van der Waals surface area contributed by atoms with Crippen LogP contribution in [0.25, 0.3) is 0 Å². The molecule has 0 spiro atoms. The number of carbonyl (C=O) groups excluding carboxylic acids is 2. The summed E-state index contributed by atoms with van der Waals surface area (Å²) in [6.07, 6.45) is 0. The van der Waals surface area contributed by atoms with Gasteiger partial charge in [-0.05, 0) is 42.5 Å². The van der Waals surface area contributed by atoms with Gasteiger partial charge in [0.15, 0.2) is 6.61 Å². The van der Waals surface area contributed by atoms with Crippen molar-refractivity contribution in [1.29, 1.82) is 0 Å². The largest absolute Gasteiger partial charge is 0.452 e. The average molecular weight is 404 g/mol. The van der Waals surface area contributed by atoms with Gasteiger partial charge in [-0.3, -0.25) is 14.9 Å². The highest BCUT2D eigenvalue weighted by Crippen LogP contribution is 2.20. The Hall–Kier alpha value is -4.40. The summed E-state index contributed by atoms with van der Waals surface area (Å²) in [7, 11) is 0. The van der Waals surface area contributed by atoms with Crippen LogP contribution in [0.3, 0.4) is 0 Å². The molecule has 150 valence electrons. The lowest BCUT2D eigenvalue weighted by Crippen LogP contribution is -2.21. The van der Waals surface area contributed by atoms with Crippen LogP contribution in [0, 0.1) is 10.1 Å². The number of azo groups is 1. The van der Waals surface area contributed by atoms with Crippen molar-refractivity contribution < 1.29 is 19.2 Å². The van der Waals surface area contributed by atoms with Crippen LogP contribution in [-0.4, -0.2) is 23.4 Å². The molecule has 9 heteroatoms. The van der Waals surface area contributed by atoms with Crippen molar-refractivity contribution in [3.8, 4) is 0 Å². The van der Waals surface area contributed by atoms with Gasteiger partial charge in [-0.2, -0.15) is 10.2 Å². The maximum Gasteiger partial charge on any atom is 0.345 e. The van der Waals surface area contributed by atoms with Gasteiger partial charge in [-0.25, -0.2) is 4.79 Å². The fraction of sp³-hybridized carbons (Fsp3) is 0.0476. The zero-order valence-corrected chi connectivity index (χ0v) is 15.6. The Morgan fingerprint density at radius 2 is 1.47 bits per heavy atom. The number of rotatable bonds is 7. The Labute approximate surface area is 171 Å². The first-order chi connectivity index (χ1) is 14.5. The third kappa shape index (κ3) is 5.55. The molecular weight excluding hydrogens is 388 g/mol. The summed E-state index contributed by atoms with van der Waals surface area (Å²) in [4.78, 5) is 34.3. The molecule has 0 aliphatic carbocycles. The van der Waals surface area contributed by atoms with Crippen molar-refractivity contribution in [2.75, 3.05) is 11.9 Å². The van der Waals surface area contributed by atoms with E-state index in [9.17, 15) is 19.7 Å². The predicted octanol–water partition coefficient (Wildman–Crippen LogP) is 4.81. The predicted molar refractivity (Wildman–Crippen MR) is 109 cm³/mol. The second-order valence-electron chi connectivity index (χ2n) is 5.98. The molecule has 0 unspecified atom stereocenters. The van der Waals surface area contributed by atoms with Gasteiger partial charge < -0.3 is 10.1 Å². The molecule has 0 saturated carbocycles. The van der Waals surface area contributed by atoms with Crippen LogP contribution in [-0.2, 0) is 9.53 Å². The number of ether oxygens (including phenoxy) is 1. The van der Waals surface area contributed by atoms with Crippen molar-refractivity contribution in [3.63, 3.8) is 0 Å². The van der Waals surface area contributed by atoms with Crippen LogP contribution in [0.4, 0.5) is 22.7 Å². The highest BCUT2D eigenvalue weighted by atomic mass is 16.6. The topological polar surface area (TPSA) is 123 Å². The van der Waals surface area contributed by atoms with Crippen LogP contribution in [0.2, 0.25) is 0 Å². The van der Waals surface area contributed by atoms with E-state index in [-0.39, 0.29) is 11.3 Å². The monoisotopic (exact) mass is 404 g/mol. The number of nitro benzene ring substituents is 1. The van der Waals surface area contributed by atoms with Gasteiger partial charge in [-0.1, -0.05) is 30.3 Å². The van der Waals surface area contributed by atoms with Gasteiger partial charge in [0.1, 0.15) is 5.56 Å². The van der Waals surface area contributed by atoms with E-state index in [1.807, 2.05) is 30.3 Å². The van der Waals surface area contributed by atoms with Crippen LogP contribution in [0.15, 0.2) is 89.1 Å². The molecule has 9 nitrogen and oxygen atoms in total. The molecule has 0 atom stereocenters. The molecule has 3 aromatic rings. The first-order valence-electron chi connectivity index (χ1n) is 8.80. The number of hydrogen-bond acceptors (Lipinski definition) is 7.